The van der Waals surface area contributed by atoms with Crippen molar-refractivity contribution in [1.82, 2.24) is 0 Å². The molecule has 0 bridgehead atoms. The molecule has 0 aromatic carbocycles. The van der Waals surface area contributed by atoms with Gasteiger partial charge in [-0.25, -0.2) is 0 Å². The third-order valence-electron chi connectivity index (χ3n) is 4.19. The van der Waals surface area contributed by atoms with E-state index in [1.54, 1.807) is 0 Å². The van der Waals surface area contributed by atoms with E-state index in [1.807, 2.05) is 0 Å². The maximum Gasteiger partial charge on any atom is -0.0355 e. The van der Waals surface area contributed by atoms with Gasteiger partial charge in [-0.1, -0.05) is 47.5 Å². The molecule has 1 aliphatic carbocycles. The Balaban J connectivity index is 2.30. The van der Waals surface area contributed by atoms with Crippen molar-refractivity contribution in [3.05, 3.63) is 0 Å². The lowest BCUT2D eigenvalue weighted by Gasteiger charge is -2.23. The van der Waals surface area contributed by atoms with Gasteiger partial charge in [-0.15, -0.1) is 0 Å². The van der Waals surface area contributed by atoms with Crippen molar-refractivity contribution >= 4 is 0 Å². The van der Waals surface area contributed by atoms with Crippen LogP contribution in [0.25, 0.3) is 0 Å². The summed E-state index contributed by atoms with van der Waals surface area (Å²) < 4.78 is 0. The van der Waals surface area contributed by atoms with Crippen LogP contribution in [0, 0.1) is 29.6 Å². The molecule has 1 fully saturated rings. The van der Waals surface area contributed by atoms with Crippen molar-refractivity contribution < 1.29 is 0 Å². The quantitative estimate of drug-likeness (QED) is 0.593. The van der Waals surface area contributed by atoms with Gasteiger partial charge in [0, 0.05) is 0 Å². The van der Waals surface area contributed by atoms with Crippen molar-refractivity contribution in [2.45, 2.75) is 53.9 Å². The molecule has 0 heteroatoms. The first-order chi connectivity index (χ1) is 6.07. The molecular weight excluding hydrogens is 156 g/mol. The predicted octanol–water partition coefficient (Wildman–Crippen LogP) is 4.35. The predicted molar refractivity (Wildman–Crippen MR) is 59.7 cm³/mol. The summed E-state index contributed by atoms with van der Waals surface area (Å²) in [7, 11) is 0. The van der Waals surface area contributed by atoms with Crippen LogP contribution in [0.4, 0.5) is 0 Å². The minimum atomic E-state index is 0.859. The first-order valence-corrected chi connectivity index (χ1v) is 6.07. The summed E-state index contributed by atoms with van der Waals surface area (Å²) in [5.41, 5.74) is 0. The molecule has 0 radical (unpaired) electrons. The lowest BCUT2D eigenvalue weighted by atomic mass is 9.82. The van der Waals surface area contributed by atoms with Crippen LogP contribution in [-0.2, 0) is 0 Å². The highest BCUT2D eigenvalue weighted by atomic mass is 14.5. The average Bonchev–Trinajstić information content (AvgIpc) is 2.82. The van der Waals surface area contributed by atoms with E-state index in [2.05, 4.69) is 34.6 Å². The molecule has 1 saturated carbocycles. The Bertz CT molecular complexity index is 148. The Morgan fingerprint density at radius 3 is 2.23 bits per heavy atom. The molecule has 4 unspecified atom stereocenters. The highest BCUT2D eigenvalue weighted by molar-refractivity contribution is 4.91. The van der Waals surface area contributed by atoms with Crippen LogP contribution in [0.5, 0.6) is 0 Å². The Hall–Kier alpha value is 0. The molecule has 0 heterocycles. The molecule has 0 amide bonds. The van der Waals surface area contributed by atoms with E-state index in [0.29, 0.717) is 0 Å². The van der Waals surface area contributed by atoms with Gasteiger partial charge in [-0.05, 0) is 36.0 Å². The molecule has 0 spiro atoms. The third-order valence-corrected chi connectivity index (χ3v) is 4.19. The lowest BCUT2D eigenvalue weighted by molar-refractivity contribution is 0.257. The van der Waals surface area contributed by atoms with Crippen molar-refractivity contribution in [3.8, 4) is 0 Å². The van der Waals surface area contributed by atoms with Crippen LogP contribution < -0.4 is 0 Å². The van der Waals surface area contributed by atoms with Crippen LogP contribution in [0.2, 0.25) is 0 Å². The fraction of sp³-hybridized carbons (Fsp3) is 1.00. The van der Waals surface area contributed by atoms with Crippen LogP contribution in [0.15, 0.2) is 0 Å². The van der Waals surface area contributed by atoms with Crippen molar-refractivity contribution in [2.24, 2.45) is 29.6 Å². The number of rotatable bonds is 5. The standard InChI is InChI=1S/C13H26/c1-6-7-12-8-13(12)11(5)10(4)9(2)3/h9-13H,6-8H2,1-5H3. The van der Waals surface area contributed by atoms with Gasteiger partial charge >= 0.3 is 0 Å². The summed E-state index contributed by atoms with van der Waals surface area (Å²) in [5.74, 6) is 4.87. The molecule has 0 aliphatic heterocycles. The topological polar surface area (TPSA) is 0 Å². The van der Waals surface area contributed by atoms with Gasteiger partial charge in [0.15, 0.2) is 0 Å². The molecule has 0 N–H and O–H groups in total. The maximum atomic E-state index is 2.46. The summed E-state index contributed by atoms with van der Waals surface area (Å²) in [4.78, 5) is 0. The second-order valence-electron chi connectivity index (χ2n) is 5.41. The fourth-order valence-electron chi connectivity index (χ4n) is 2.61. The Morgan fingerprint density at radius 2 is 1.77 bits per heavy atom. The van der Waals surface area contributed by atoms with Crippen LogP contribution >= 0.6 is 0 Å². The first kappa shape index (κ1) is 11.1. The van der Waals surface area contributed by atoms with Crippen LogP contribution in [0.3, 0.4) is 0 Å². The molecule has 1 rings (SSSR count). The van der Waals surface area contributed by atoms with E-state index in [-0.39, 0.29) is 0 Å². The lowest BCUT2D eigenvalue weighted by Crippen LogP contribution is -2.16. The second-order valence-corrected chi connectivity index (χ2v) is 5.41. The molecule has 0 saturated heterocycles. The molecule has 0 aromatic heterocycles. The molecule has 78 valence electrons. The molecule has 1 aliphatic rings. The Labute approximate surface area is 84.1 Å². The number of hydrogen-bond donors (Lipinski definition) is 0. The molecule has 0 nitrogen and oxygen atoms in total. The minimum Gasteiger partial charge on any atom is -0.0654 e. The number of hydrogen-bond acceptors (Lipinski definition) is 0. The molecule has 0 aromatic rings. The van der Waals surface area contributed by atoms with Gasteiger partial charge in [-0.3, -0.25) is 0 Å². The van der Waals surface area contributed by atoms with E-state index in [4.69, 9.17) is 0 Å². The highest BCUT2D eigenvalue weighted by Crippen LogP contribution is 2.50. The normalized spacial score (nSPS) is 31.8. The van der Waals surface area contributed by atoms with Gasteiger partial charge in [-0.2, -0.15) is 0 Å². The highest BCUT2D eigenvalue weighted by Gasteiger charge is 2.41. The van der Waals surface area contributed by atoms with Crippen molar-refractivity contribution in [1.29, 1.82) is 0 Å². The summed E-state index contributed by atoms with van der Waals surface area (Å²) in [6.07, 6.45) is 4.37. The zero-order valence-corrected chi connectivity index (χ0v) is 10.0. The van der Waals surface area contributed by atoms with Gasteiger partial charge in [0.2, 0.25) is 0 Å². The summed E-state index contributed by atoms with van der Waals surface area (Å²) in [6, 6.07) is 0. The van der Waals surface area contributed by atoms with Gasteiger partial charge in [0.25, 0.3) is 0 Å². The summed E-state index contributed by atoms with van der Waals surface area (Å²) in [6.45, 7) is 11.9. The Kier molecular flexibility index (Phi) is 3.82. The zero-order chi connectivity index (χ0) is 10.0. The van der Waals surface area contributed by atoms with E-state index < -0.39 is 0 Å². The third kappa shape index (κ3) is 2.72. The van der Waals surface area contributed by atoms with E-state index in [1.165, 1.54) is 19.3 Å². The molecule has 13 heavy (non-hydrogen) atoms. The van der Waals surface area contributed by atoms with E-state index in [0.717, 1.165) is 29.6 Å². The van der Waals surface area contributed by atoms with Gasteiger partial charge < -0.3 is 0 Å². The van der Waals surface area contributed by atoms with E-state index in [9.17, 15) is 0 Å². The van der Waals surface area contributed by atoms with Gasteiger partial charge in [0.05, 0.1) is 0 Å². The minimum absolute atomic E-state index is 0.859. The fourth-order valence-corrected chi connectivity index (χ4v) is 2.61. The van der Waals surface area contributed by atoms with Gasteiger partial charge in [0.1, 0.15) is 0 Å². The van der Waals surface area contributed by atoms with Crippen molar-refractivity contribution in [2.75, 3.05) is 0 Å². The largest absolute Gasteiger partial charge is 0.0654 e. The maximum absolute atomic E-state index is 2.46. The molecule has 4 atom stereocenters. The summed E-state index contributed by atoms with van der Waals surface area (Å²) in [5, 5.41) is 0. The zero-order valence-electron chi connectivity index (χ0n) is 10.0. The van der Waals surface area contributed by atoms with E-state index >= 15 is 0 Å². The smallest absolute Gasteiger partial charge is 0.0355 e. The molecular formula is C13H26. The monoisotopic (exact) mass is 182 g/mol. The van der Waals surface area contributed by atoms with Crippen LogP contribution in [-0.4, -0.2) is 0 Å². The summed E-state index contributed by atoms with van der Waals surface area (Å²) >= 11 is 0. The van der Waals surface area contributed by atoms with Crippen LogP contribution in [0.1, 0.15) is 53.9 Å². The van der Waals surface area contributed by atoms with Crippen molar-refractivity contribution in [3.63, 3.8) is 0 Å². The first-order valence-electron chi connectivity index (χ1n) is 6.07. The second kappa shape index (κ2) is 4.48. The SMILES string of the molecule is CCCC1CC1C(C)C(C)C(C)C. The average molecular weight is 182 g/mol. The Morgan fingerprint density at radius 1 is 1.15 bits per heavy atom.